The molecule has 147 heavy (non-hydrogen) atoms. The van der Waals surface area contributed by atoms with E-state index in [1.54, 1.807) is 30.3 Å². The van der Waals surface area contributed by atoms with Crippen molar-refractivity contribution >= 4 is 159 Å². The third-order valence-electron chi connectivity index (χ3n) is 29.1. The number of nitrogens with zero attached hydrogens (tertiary/aromatic N) is 12. The summed E-state index contributed by atoms with van der Waals surface area (Å²) < 4.78 is 103. The van der Waals surface area contributed by atoms with Gasteiger partial charge in [-0.25, -0.2) is 39.9 Å². The van der Waals surface area contributed by atoms with Crippen molar-refractivity contribution in [3.05, 3.63) is 232 Å². The quantitative estimate of drug-likeness (QED) is 0.0189. The van der Waals surface area contributed by atoms with Gasteiger partial charge in [-0.05, 0) is 261 Å². The minimum atomic E-state index is -1.86. The predicted octanol–water partition coefficient (Wildman–Crippen LogP) is 21.8. The van der Waals surface area contributed by atoms with Crippen LogP contribution in [0.1, 0.15) is 215 Å². The van der Waals surface area contributed by atoms with Crippen molar-refractivity contribution in [2.45, 2.75) is 324 Å². The summed E-state index contributed by atoms with van der Waals surface area (Å²) in [5.41, 5.74) is 9.50. The Morgan fingerprint density at radius 1 is 0.429 bits per heavy atom. The molecule has 33 nitrogen and oxygen atoms in total. The first kappa shape index (κ1) is 113. The van der Waals surface area contributed by atoms with E-state index in [2.05, 4.69) is 108 Å². The zero-order chi connectivity index (χ0) is 103. The van der Waals surface area contributed by atoms with Crippen LogP contribution >= 0.6 is 92.8 Å². The molecular formula is C104H129Cl8N13O20Si2. The number of ketones is 1. The number of rotatable bonds is 24. The van der Waals surface area contributed by atoms with Crippen LogP contribution in [0.15, 0.2) is 147 Å². The standard InChI is InChI=1S/C29H39Cl2N3O5Si.C29H37Cl2N3O5Si.C23H25Cl2N3O5.C23H23Cl2N3O4.H3N.H2O/c2*1-28(2,3)40(6,7)36-14-8-9-17-15-18(30)10-11-19(17)21(35)22-23-24(39-29(4,5)38-23)27(37-22)34-13-12-20-25(31)32-16-33-26(20)34;1-23(2)32-18-17(16(30)14-6-5-13(24)10-12(14)4-3-9-29)31-22(19(18)33-23)28-8-7-15-20(25)26-11-27-21(15)28;1-23(2)31-18-17(16-14-6-5-13(24)10-12(14)4-3-9-29-16)30-22(19(18)32-23)28-8-7-15-20(25)26-11-27-21(15)28;;/h10-13,15-16,21-24,27,35H,8-9,14H2,1-7H3;10-13,15-16,22-24,27H,8-9,14H2,1-7H3;5-8,10-11,16-19,22,29-30H,3-4,9H2,1-2H3;5-8,10-11,16-19,22H,3-4,9H2,1-2H3;1H3;1H2/t21-,22-,23-,24-,27-;22-,23-,24-,27-;2*16-,17-,18-,19-,22-;;/m1111../s1. The number of aliphatic hydroxyl groups is 3. The minimum absolute atomic E-state index is 0. The molecule has 8 aromatic heterocycles. The summed E-state index contributed by atoms with van der Waals surface area (Å²) in [5.74, 6) is -3.46. The molecule has 0 spiro atoms. The molecule has 8 fully saturated rings. The second-order valence-electron chi connectivity index (χ2n) is 42.9. The predicted molar refractivity (Wildman–Crippen MR) is 565 cm³/mol. The molecule has 17 heterocycles. The van der Waals surface area contributed by atoms with E-state index in [0.29, 0.717) is 131 Å². The number of fused-ring (bicyclic) bond motifs is 9. The van der Waals surface area contributed by atoms with Gasteiger partial charge in [-0.1, -0.05) is 153 Å². The van der Waals surface area contributed by atoms with E-state index in [1.807, 2.05) is 165 Å². The van der Waals surface area contributed by atoms with Crippen LogP contribution < -0.4 is 6.15 Å². The molecule has 0 radical (unpaired) electrons. The normalized spacial score (nSPS) is 26.6. The summed E-state index contributed by atoms with van der Waals surface area (Å²) in [6.45, 7) is 39.3. The summed E-state index contributed by atoms with van der Waals surface area (Å²) in [6.07, 6.45) is 8.15. The van der Waals surface area contributed by atoms with E-state index < -0.39 is 132 Å². The van der Waals surface area contributed by atoms with Gasteiger partial charge in [-0.2, -0.15) is 0 Å². The fourth-order valence-corrected chi connectivity index (χ4v) is 24.0. The highest BCUT2D eigenvalue weighted by molar-refractivity contribution is 6.74. The third kappa shape index (κ3) is 23.4. The number of ether oxygens (including phenoxy) is 13. The average Bonchev–Trinajstić information content (AvgIpc) is 1.60. The number of carbonyl (C=O) groups excluding carboxylic acids is 1. The molecule has 8 N–H and O–H groups in total. The summed E-state index contributed by atoms with van der Waals surface area (Å²) in [4.78, 5) is 48.0. The first-order chi connectivity index (χ1) is 68.6. The molecule has 21 rings (SSSR count). The maximum Gasteiger partial charge on any atom is 0.194 e. The molecular weight excluding hydrogens is 2090 g/mol. The Morgan fingerprint density at radius 3 is 1.18 bits per heavy atom. The summed E-state index contributed by atoms with van der Waals surface area (Å²) >= 11 is 50.4. The lowest BCUT2D eigenvalue weighted by molar-refractivity contribution is -0.211. The van der Waals surface area contributed by atoms with Crippen molar-refractivity contribution in [1.29, 1.82) is 0 Å². The van der Waals surface area contributed by atoms with Crippen molar-refractivity contribution in [2.24, 2.45) is 0 Å². The van der Waals surface area contributed by atoms with E-state index in [9.17, 15) is 20.1 Å². The second-order valence-corrected chi connectivity index (χ2v) is 55.7. The lowest BCUT2D eigenvalue weighted by Gasteiger charge is -2.36. The van der Waals surface area contributed by atoms with E-state index in [-0.39, 0.29) is 58.5 Å². The fourth-order valence-electron chi connectivity index (χ4n) is 20.3. The van der Waals surface area contributed by atoms with Crippen LogP contribution in [0.2, 0.25) is 77.0 Å². The Balaban J connectivity index is 0.000000140. The van der Waals surface area contributed by atoms with Gasteiger partial charge < -0.3 is 116 Å². The van der Waals surface area contributed by atoms with Crippen LogP contribution in [0.25, 0.3) is 44.1 Å². The molecule has 0 bridgehead atoms. The first-order valence-corrected chi connectivity index (χ1v) is 57.9. The fraction of sp³-hybridized carbons (Fsp3) is 0.529. The van der Waals surface area contributed by atoms with Gasteiger partial charge >= 0.3 is 0 Å². The number of aliphatic hydroxyl groups excluding tert-OH is 3. The van der Waals surface area contributed by atoms with Gasteiger partial charge in [0.2, 0.25) is 0 Å². The van der Waals surface area contributed by atoms with Gasteiger partial charge in [0, 0.05) is 76.9 Å². The topological polar surface area (TPSA) is 406 Å². The van der Waals surface area contributed by atoms with Crippen molar-refractivity contribution in [3.8, 4) is 0 Å². The smallest absolute Gasteiger partial charge is 0.194 e. The third-order valence-corrected chi connectivity index (χ3v) is 40.4. The van der Waals surface area contributed by atoms with E-state index in [1.165, 1.54) is 30.9 Å². The van der Waals surface area contributed by atoms with Gasteiger partial charge in [0.25, 0.3) is 0 Å². The zero-order valence-corrected chi connectivity index (χ0v) is 93.3. The molecule has 0 saturated carbocycles. The van der Waals surface area contributed by atoms with Gasteiger partial charge in [0.05, 0.1) is 21.5 Å². The lowest BCUT2D eigenvalue weighted by Crippen LogP contribution is -2.41. The van der Waals surface area contributed by atoms with E-state index in [4.69, 9.17) is 163 Å². The molecule has 4 aromatic carbocycles. The molecule has 0 amide bonds. The molecule has 8 saturated heterocycles. The number of halogens is 8. The number of benzene rings is 4. The average molecular weight is 2220 g/mol. The van der Waals surface area contributed by atoms with E-state index >= 15 is 0 Å². The van der Waals surface area contributed by atoms with Crippen LogP contribution in [0.3, 0.4) is 0 Å². The molecule has 794 valence electrons. The highest BCUT2D eigenvalue weighted by atomic mass is 35.5. The highest BCUT2D eigenvalue weighted by Gasteiger charge is 2.63. The van der Waals surface area contributed by atoms with Crippen molar-refractivity contribution in [1.82, 2.24) is 64.3 Å². The molecule has 19 atom stereocenters. The molecule has 9 aliphatic rings. The number of hydrogen-bond donors (Lipinski definition) is 4. The molecule has 43 heteroatoms. The monoisotopic (exact) mass is 2220 g/mol. The molecule has 0 unspecified atom stereocenters. The molecule has 12 aromatic rings. The Kier molecular flexibility index (Phi) is 34.0. The van der Waals surface area contributed by atoms with Crippen LogP contribution in [-0.4, -0.2) is 224 Å². The van der Waals surface area contributed by atoms with Crippen LogP contribution in [0.4, 0.5) is 0 Å². The van der Waals surface area contributed by atoms with Gasteiger partial charge in [-0.3, -0.25) is 4.79 Å². The highest BCUT2D eigenvalue weighted by Crippen LogP contribution is 2.55. The number of carbonyl (C=O) groups is 1. The van der Waals surface area contributed by atoms with Crippen molar-refractivity contribution < 1.29 is 96.0 Å². The van der Waals surface area contributed by atoms with Crippen LogP contribution in [-0.2, 0) is 96.1 Å². The van der Waals surface area contributed by atoms with Gasteiger partial charge in [0.15, 0.2) is 76.6 Å². The number of Topliss-reactive ketones (excluding diaryl/α,β-unsaturated/α-hetero) is 1. The van der Waals surface area contributed by atoms with Crippen molar-refractivity contribution in [2.75, 3.05) is 26.4 Å². The number of aromatic nitrogens is 12. The van der Waals surface area contributed by atoms with E-state index in [0.717, 1.165) is 63.9 Å². The van der Waals surface area contributed by atoms with Crippen LogP contribution in [0.5, 0.6) is 0 Å². The van der Waals surface area contributed by atoms with Gasteiger partial charge in [0.1, 0.15) is 154 Å². The number of hydrogen-bond acceptors (Lipinski definition) is 28. The largest absolute Gasteiger partial charge is 0.417 e. The maximum absolute atomic E-state index is 14.1. The summed E-state index contributed by atoms with van der Waals surface area (Å²) in [6, 6.07) is 29.7. The molecule has 9 aliphatic heterocycles. The van der Waals surface area contributed by atoms with Gasteiger partial charge in [-0.15, -0.1) is 0 Å². The lowest BCUT2D eigenvalue weighted by atomic mass is 9.93. The number of aryl methyl sites for hydroxylation is 4. The first-order valence-electron chi connectivity index (χ1n) is 49.0. The maximum atomic E-state index is 14.1. The zero-order valence-electron chi connectivity index (χ0n) is 85.3. The Bertz CT molecular complexity index is 6730. The minimum Gasteiger partial charge on any atom is -0.417 e. The Morgan fingerprint density at radius 2 is 0.769 bits per heavy atom. The Labute approximate surface area is 896 Å². The SMILES string of the molecule is CC1(C)O[C@@H]2[C@H](O1)[C@@H](C(=O)c1ccc(Cl)cc1CCCO[Si](C)(C)C(C)(C)C)O[C@H]2n1ccc2c(Cl)ncnc21.CC1(C)O[C@H]2[C@@H](O1)[C@H](n1ccc3c(Cl)ncnc31)O[C@@H]2[C@@H]1OCCCc2cc(Cl)ccc21.CC1(C)O[C@H]2[C@@H](O1)[C@H](n1ccc3c(Cl)ncnc31)O[C@@H]2[C@H](O)c1ccc(Cl)cc1CCCO.CC1(C)O[C@H]2[C@@H](O1)[C@H](n1ccc3c(Cl)ncnc31)O[C@@H]2[C@H](O)c1ccc(Cl)cc1CCCO[Si](C)(C)C(C)(C)C.N.O. The summed E-state index contributed by atoms with van der Waals surface area (Å²) in [5, 5.41) is 39.7. The Hall–Kier alpha value is -7.02. The summed E-state index contributed by atoms with van der Waals surface area (Å²) in [7, 11) is -3.70. The van der Waals surface area contributed by atoms with Crippen LogP contribution in [0, 0.1) is 0 Å². The molecule has 0 aliphatic carbocycles. The second kappa shape index (κ2) is 44.5. The van der Waals surface area contributed by atoms with Crippen molar-refractivity contribution in [3.63, 3.8) is 0 Å².